The number of hydrazone groups is 1. The Morgan fingerprint density at radius 3 is 2.57 bits per heavy atom. The molecule has 0 spiro atoms. The topological polar surface area (TPSA) is 80.9 Å². The van der Waals surface area contributed by atoms with Gasteiger partial charge in [-0.1, -0.05) is 42.5 Å². The summed E-state index contributed by atoms with van der Waals surface area (Å²) in [5.41, 5.74) is 4.19. The number of nitrogens with one attached hydrogen (secondary N) is 1. The summed E-state index contributed by atoms with van der Waals surface area (Å²) in [4.78, 5) is 24.0. The molecule has 0 unspecified atom stereocenters. The van der Waals surface area contributed by atoms with Gasteiger partial charge in [0.05, 0.1) is 18.9 Å². The van der Waals surface area contributed by atoms with Crippen LogP contribution in [0.1, 0.15) is 26.5 Å². The highest BCUT2D eigenvalue weighted by atomic mass is 16.5. The molecular weight excluding hydrogens is 380 g/mol. The van der Waals surface area contributed by atoms with Crippen LogP contribution in [0.5, 0.6) is 0 Å². The summed E-state index contributed by atoms with van der Waals surface area (Å²) in [7, 11) is 1.34. The van der Waals surface area contributed by atoms with Gasteiger partial charge in [-0.25, -0.2) is 10.2 Å². The zero-order valence-electron chi connectivity index (χ0n) is 16.2. The third-order valence-corrected chi connectivity index (χ3v) is 4.56. The third-order valence-electron chi connectivity index (χ3n) is 4.56. The molecule has 0 saturated heterocycles. The van der Waals surface area contributed by atoms with Crippen LogP contribution in [-0.4, -0.2) is 25.2 Å². The van der Waals surface area contributed by atoms with Crippen LogP contribution < -0.4 is 5.43 Å². The predicted molar refractivity (Wildman–Crippen MR) is 114 cm³/mol. The van der Waals surface area contributed by atoms with Gasteiger partial charge in [0, 0.05) is 11.1 Å². The monoisotopic (exact) mass is 398 g/mol. The van der Waals surface area contributed by atoms with E-state index in [1.807, 2.05) is 42.5 Å². The molecule has 0 aliphatic rings. The van der Waals surface area contributed by atoms with E-state index in [0.717, 1.165) is 16.3 Å². The molecule has 0 fully saturated rings. The molecule has 30 heavy (non-hydrogen) atoms. The second-order valence-electron chi connectivity index (χ2n) is 6.54. The Balaban J connectivity index is 1.44. The molecule has 6 heteroatoms. The van der Waals surface area contributed by atoms with Crippen LogP contribution >= 0.6 is 0 Å². The normalized spacial score (nSPS) is 11.0. The molecule has 148 valence electrons. The molecule has 0 saturated carbocycles. The van der Waals surface area contributed by atoms with Crippen molar-refractivity contribution in [3.05, 3.63) is 95.7 Å². The average Bonchev–Trinajstić information content (AvgIpc) is 3.27. The molecule has 0 atom stereocenters. The van der Waals surface area contributed by atoms with Crippen molar-refractivity contribution >= 4 is 28.9 Å². The van der Waals surface area contributed by atoms with E-state index in [2.05, 4.69) is 10.5 Å². The Morgan fingerprint density at radius 2 is 1.73 bits per heavy atom. The highest BCUT2D eigenvalue weighted by Crippen LogP contribution is 2.23. The van der Waals surface area contributed by atoms with Crippen LogP contribution in [0.15, 0.2) is 88.4 Å². The lowest BCUT2D eigenvalue weighted by Crippen LogP contribution is -2.17. The molecule has 0 aliphatic carbocycles. The van der Waals surface area contributed by atoms with Gasteiger partial charge in [0.25, 0.3) is 5.91 Å². The van der Waals surface area contributed by atoms with Crippen molar-refractivity contribution in [1.82, 2.24) is 5.43 Å². The minimum atomic E-state index is -0.415. The van der Waals surface area contributed by atoms with Crippen molar-refractivity contribution < 1.29 is 18.7 Å². The van der Waals surface area contributed by atoms with Crippen molar-refractivity contribution in [3.63, 3.8) is 0 Å². The Morgan fingerprint density at radius 1 is 0.900 bits per heavy atom. The molecular formula is C24H18N2O4. The second-order valence-corrected chi connectivity index (χ2v) is 6.54. The summed E-state index contributed by atoms with van der Waals surface area (Å²) in [5, 5.41) is 6.02. The number of furan rings is 1. The highest BCUT2D eigenvalue weighted by Gasteiger charge is 2.09. The van der Waals surface area contributed by atoms with Crippen LogP contribution in [0.25, 0.3) is 22.1 Å². The van der Waals surface area contributed by atoms with Crippen molar-refractivity contribution in [2.75, 3.05) is 7.11 Å². The molecule has 1 heterocycles. The number of nitrogens with zero attached hydrogens (tertiary/aromatic N) is 1. The summed E-state index contributed by atoms with van der Waals surface area (Å²) in [5.74, 6) is 0.312. The largest absolute Gasteiger partial charge is 0.465 e. The molecule has 3 aromatic carbocycles. The molecule has 4 aromatic rings. The first-order chi connectivity index (χ1) is 14.6. The number of hydrogen-bond acceptors (Lipinski definition) is 5. The highest BCUT2D eigenvalue weighted by molar-refractivity contribution is 5.99. The summed E-state index contributed by atoms with van der Waals surface area (Å²) >= 11 is 0. The number of ether oxygens (including phenoxy) is 1. The molecule has 1 N–H and O–H groups in total. The number of methoxy groups -OCH3 is 1. The first-order valence-electron chi connectivity index (χ1n) is 9.25. The van der Waals surface area contributed by atoms with E-state index in [0.29, 0.717) is 22.6 Å². The van der Waals surface area contributed by atoms with Crippen LogP contribution in [0.4, 0.5) is 0 Å². The van der Waals surface area contributed by atoms with Crippen LogP contribution in [0, 0.1) is 0 Å². The first kappa shape index (κ1) is 19.1. The predicted octanol–water partition coefficient (Wildman–Crippen LogP) is 4.65. The first-order valence-corrected chi connectivity index (χ1v) is 9.25. The third kappa shape index (κ3) is 4.12. The fourth-order valence-corrected chi connectivity index (χ4v) is 3.04. The minimum absolute atomic E-state index is 0.311. The van der Waals surface area contributed by atoms with Gasteiger partial charge < -0.3 is 9.15 Å². The van der Waals surface area contributed by atoms with E-state index in [4.69, 9.17) is 9.15 Å². The number of benzene rings is 3. The number of hydrogen-bond donors (Lipinski definition) is 1. The van der Waals surface area contributed by atoms with Gasteiger partial charge in [-0.15, -0.1) is 0 Å². The van der Waals surface area contributed by atoms with Crippen molar-refractivity contribution in [1.29, 1.82) is 0 Å². The molecule has 6 nitrogen and oxygen atoms in total. The Kier molecular flexibility index (Phi) is 5.39. The van der Waals surface area contributed by atoms with Gasteiger partial charge in [0.1, 0.15) is 11.5 Å². The van der Waals surface area contributed by atoms with Crippen LogP contribution in [-0.2, 0) is 4.74 Å². The van der Waals surface area contributed by atoms with E-state index in [-0.39, 0.29) is 5.91 Å². The lowest BCUT2D eigenvalue weighted by atomic mass is 10.1. The SMILES string of the molecule is COC(=O)c1cccc(-c2ccc(/C=N\NC(=O)c3ccc4ccccc4c3)o2)c1. The maximum absolute atomic E-state index is 12.3. The lowest BCUT2D eigenvalue weighted by molar-refractivity contribution is 0.0600. The molecule has 0 bridgehead atoms. The van der Waals surface area contributed by atoms with Crippen LogP contribution in [0.2, 0.25) is 0 Å². The van der Waals surface area contributed by atoms with E-state index < -0.39 is 5.97 Å². The molecule has 0 radical (unpaired) electrons. The minimum Gasteiger partial charge on any atom is -0.465 e. The average molecular weight is 398 g/mol. The molecule has 4 rings (SSSR count). The fourth-order valence-electron chi connectivity index (χ4n) is 3.04. The van der Waals surface area contributed by atoms with Crippen molar-refractivity contribution in [3.8, 4) is 11.3 Å². The van der Waals surface area contributed by atoms with Gasteiger partial charge in [0.2, 0.25) is 0 Å². The maximum Gasteiger partial charge on any atom is 0.337 e. The van der Waals surface area contributed by atoms with E-state index in [9.17, 15) is 9.59 Å². The van der Waals surface area contributed by atoms with Crippen molar-refractivity contribution in [2.24, 2.45) is 5.10 Å². The van der Waals surface area contributed by atoms with Gasteiger partial charge in [-0.2, -0.15) is 5.10 Å². The quantitative estimate of drug-likeness (QED) is 0.301. The van der Waals surface area contributed by atoms with Gasteiger partial charge in [-0.3, -0.25) is 4.79 Å². The Bertz CT molecular complexity index is 1260. The summed E-state index contributed by atoms with van der Waals surface area (Å²) < 4.78 is 10.5. The number of amides is 1. The zero-order valence-corrected chi connectivity index (χ0v) is 16.2. The lowest BCUT2D eigenvalue weighted by Gasteiger charge is -2.02. The van der Waals surface area contributed by atoms with Gasteiger partial charge in [0.15, 0.2) is 0 Å². The summed E-state index contributed by atoms with van der Waals surface area (Å²) in [6.07, 6.45) is 1.42. The summed E-state index contributed by atoms with van der Waals surface area (Å²) in [6.45, 7) is 0. The van der Waals surface area contributed by atoms with E-state index in [1.165, 1.54) is 13.3 Å². The van der Waals surface area contributed by atoms with Gasteiger partial charge >= 0.3 is 5.97 Å². The Hall–Kier alpha value is -4.19. The van der Waals surface area contributed by atoms with Crippen molar-refractivity contribution in [2.45, 2.75) is 0 Å². The number of rotatable bonds is 5. The van der Waals surface area contributed by atoms with E-state index in [1.54, 1.807) is 36.4 Å². The second kappa shape index (κ2) is 8.45. The molecule has 1 aromatic heterocycles. The maximum atomic E-state index is 12.3. The molecule has 0 aliphatic heterocycles. The number of esters is 1. The smallest absolute Gasteiger partial charge is 0.337 e. The van der Waals surface area contributed by atoms with Gasteiger partial charge in [-0.05, 0) is 47.2 Å². The zero-order chi connectivity index (χ0) is 20.9. The van der Waals surface area contributed by atoms with Crippen LogP contribution in [0.3, 0.4) is 0 Å². The standard InChI is InChI=1S/C24H18N2O4/c1-29-24(28)20-8-4-7-18(14-20)22-12-11-21(30-22)15-25-26-23(27)19-10-9-16-5-2-3-6-17(16)13-19/h2-15H,1H3,(H,26,27)/b25-15-. The Labute approximate surface area is 172 Å². The molecule has 1 amide bonds. The fraction of sp³-hybridized carbons (Fsp3) is 0.0417. The number of carbonyl (C=O) groups excluding carboxylic acids is 2. The number of carbonyl (C=O) groups is 2. The number of fused-ring (bicyclic) bond motifs is 1. The van der Waals surface area contributed by atoms with E-state index >= 15 is 0 Å². The summed E-state index contributed by atoms with van der Waals surface area (Å²) in [6, 6.07) is 23.7.